The summed E-state index contributed by atoms with van der Waals surface area (Å²) >= 11 is 1.56. The lowest BCUT2D eigenvalue weighted by atomic mass is 10.3. The smallest absolute Gasteiger partial charge is 0.262 e. The molecule has 0 aliphatic heterocycles. The van der Waals surface area contributed by atoms with Crippen LogP contribution in [-0.4, -0.2) is 19.7 Å². The van der Waals surface area contributed by atoms with E-state index in [1.54, 1.807) is 11.3 Å². The second-order valence-corrected chi connectivity index (χ2v) is 5.52. The average molecular weight is 290 g/mol. The van der Waals surface area contributed by atoms with Crippen LogP contribution in [0.1, 0.15) is 30.5 Å². The second-order valence-electron chi connectivity index (χ2n) is 4.41. The van der Waals surface area contributed by atoms with Gasteiger partial charge in [0, 0.05) is 11.3 Å². The fraction of sp³-hybridized carbons (Fsp3) is 0.385. The molecule has 0 amide bonds. The van der Waals surface area contributed by atoms with Crippen LogP contribution >= 0.6 is 11.3 Å². The van der Waals surface area contributed by atoms with E-state index in [-0.39, 0.29) is 12.1 Å². The third-order valence-corrected chi connectivity index (χ3v) is 4.22. The van der Waals surface area contributed by atoms with Crippen molar-refractivity contribution in [1.82, 2.24) is 19.7 Å². The molecule has 0 saturated carbocycles. The lowest BCUT2D eigenvalue weighted by molar-refractivity contribution is 0.439. The van der Waals surface area contributed by atoms with E-state index in [1.807, 2.05) is 13.0 Å². The van der Waals surface area contributed by atoms with Crippen molar-refractivity contribution in [2.45, 2.75) is 33.2 Å². The standard InChI is InChI=1S/C13H14N4O2S/c1-3-8-5-9-12(20-8)14-7-17(13(9)18)6-11-16-15-10(4-2)19-11/h5,7H,3-4,6H2,1-2H3. The van der Waals surface area contributed by atoms with Gasteiger partial charge in [0.05, 0.1) is 11.7 Å². The quantitative estimate of drug-likeness (QED) is 0.735. The Kier molecular flexibility index (Phi) is 3.35. The summed E-state index contributed by atoms with van der Waals surface area (Å²) in [6, 6.07) is 1.91. The van der Waals surface area contributed by atoms with E-state index in [2.05, 4.69) is 22.1 Å². The molecule has 0 bridgehead atoms. The van der Waals surface area contributed by atoms with Gasteiger partial charge >= 0.3 is 0 Å². The Bertz CT molecular complexity index is 802. The summed E-state index contributed by atoms with van der Waals surface area (Å²) in [5.74, 6) is 1.00. The summed E-state index contributed by atoms with van der Waals surface area (Å²) in [7, 11) is 0. The zero-order valence-corrected chi connectivity index (χ0v) is 12.1. The molecule has 6 nitrogen and oxygen atoms in total. The normalized spacial score (nSPS) is 11.3. The van der Waals surface area contributed by atoms with Crippen molar-refractivity contribution in [2.24, 2.45) is 0 Å². The maximum atomic E-state index is 12.4. The van der Waals surface area contributed by atoms with Crippen molar-refractivity contribution in [3.8, 4) is 0 Å². The zero-order valence-electron chi connectivity index (χ0n) is 11.3. The third-order valence-electron chi connectivity index (χ3n) is 3.03. The number of aryl methyl sites for hydroxylation is 2. The number of hydrogen-bond donors (Lipinski definition) is 0. The number of aromatic nitrogens is 4. The lowest BCUT2D eigenvalue weighted by Crippen LogP contribution is -2.20. The molecular weight excluding hydrogens is 276 g/mol. The van der Waals surface area contributed by atoms with E-state index in [1.165, 1.54) is 10.9 Å². The van der Waals surface area contributed by atoms with Crippen molar-refractivity contribution in [3.63, 3.8) is 0 Å². The van der Waals surface area contributed by atoms with Crippen LogP contribution in [0.5, 0.6) is 0 Å². The third kappa shape index (κ3) is 2.24. The molecule has 3 aromatic rings. The van der Waals surface area contributed by atoms with Gasteiger partial charge in [-0.05, 0) is 12.5 Å². The SMILES string of the molecule is CCc1nnc(Cn2cnc3sc(CC)cc3c2=O)o1. The van der Waals surface area contributed by atoms with Gasteiger partial charge in [0.2, 0.25) is 11.8 Å². The largest absolute Gasteiger partial charge is 0.423 e. The van der Waals surface area contributed by atoms with Gasteiger partial charge in [-0.1, -0.05) is 13.8 Å². The molecule has 0 aromatic carbocycles. The number of rotatable bonds is 4. The van der Waals surface area contributed by atoms with Gasteiger partial charge in [-0.25, -0.2) is 4.98 Å². The maximum absolute atomic E-state index is 12.4. The molecule has 0 aliphatic carbocycles. The van der Waals surface area contributed by atoms with Gasteiger partial charge in [0.25, 0.3) is 5.56 Å². The van der Waals surface area contributed by atoms with Crippen molar-refractivity contribution >= 4 is 21.6 Å². The van der Waals surface area contributed by atoms with E-state index in [9.17, 15) is 4.79 Å². The van der Waals surface area contributed by atoms with Gasteiger partial charge < -0.3 is 4.42 Å². The van der Waals surface area contributed by atoms with Crippen LogP contribution in [0.3, 0.4) is 0 Å². The van der Waals surface area contributed by atoms with E-state index in [0.717, 1.165) is 16.1 Å². The summed E-state index contributed by atoms with van der Waals surface area (Å²) < 4.78 is 6.92. The molecule has 7 heteroatoms. The predicted molar refractivity (Wildman–Crippen MR) is 76.0 cm³/mol. The Morgan fingerprint density at radius 3 is 2.75 bits per heavy atom. The minimum absolute atomic E-state index is 0.0674. The fourth-order valence-electron chi connectivity index (χ4n) is 1.94. The van der Waals surface area contributed by atoms with Gasteiger partial charge in [0.15, 0.2) is 0 Å². The van der Waals surface area contributed by atoms with E-state index in [0.29, 0.717) is 23.6 Å². The molecular formula is C13H14N4O2S. The van der Waals surface area contributed by atoms with E-state index >= 15 is 0 Å². The first kappa shape index (κ1) is 13.0. The highest BCUT2D eigenvalue weighted by Gasteiger charge is 2.11. The van der Waals surface area contributed by atoms with Gasteiger partial charge in [-0.3, -0.25) is 9.36 Å². The van der Waals surface area contributed by atoms with Gasteiger partial charge in [-0.15, -0.1) is 21.5 Å². The fourth-order valence-corrected chi connectivity index (χ4v) is 2.86. The molecule has 3 aromatic heterocycles. The highest BCUT2D eigenvalue weighted by Crippen LogP contribution is 2.21. The summed E-state index contributed by atoms with van der Waals surface area (Å²) in [4.78, 5) is 18.6. The summed E-state index contributed by atoms with van der Waals surface area (Å²) in [5.41, 5.74) is -0.0674. The molecule has 0 fully saturated rings. The molecule has 3 rings (SSSR count). The first-order chi connectivity index (χ1) is 9.71. The van der Waals surface area contributed by atoms with Crippen LogP contribution < -0.4 is 5.56 Å². The molecule has 3 heterocycles. The maximum Gasteiger partial charge on any atom is 0.262 e. The molecule has 20 heavy (non-hydrogen) atoms. The Balaban J connectivity index is 1.99. The minimum Gasteiger partial charge on any atom is -0.423 e. The van der Waals surface area contributed by atoms with Crippen LogP contribution in [-0.2, 0) is 19.4 Å². The van der Waals surface area contributed by atoms with Crippen LogP contribution in [0.25, 0.3) is 10.2 Å². The van der Waals surface area contributed by atoms with Crippen molar-refractivity contribution < 1.29 is 4.42 Å². The van der Waals surface area contributed by atoms with Crippen molar-refractivity contribution in [3.05, 3.63) is 39.4 Å². The molecule has 0 radical (unpaired) electrons. The van der Waals surface area contributed by atoms with Crippen molar-refractivity contribution in [2.75, 3.05) is 0 Å². The molecule has 0 unspecified atom stereocenters. The van der Waals surface area contributed by atoms with Crippen LogP contribution in [0.15, 0.2) is 21.6 Å². The number of fused-ring (bicyclic) bond motifs is 1. The zero-order chi connectivity index (χ0) is 14.1. The van der Waals surface area contributed by atoms with E-state index < -0.39 is 0 Å². The summed E-state index contributed by atoms with van der Waals surface area (Å²) in [6.45, 7) is 4.26. The number of thiophene rings is 1. The first-order valence-corrected chi connectivity index (χ1v) is 7.32. The lowest BCUT2D eigenvalue weighted by Gasteiger charge is -2.00. The second kappa shape index (κ2) is 5.16. The molecule has 104 valence electrons. The van der Waals surface area contributed by atoms with Crippen LogP contribution in [0, 0.1) is 0 Å². The van der Waals surface area contributed by atoms with Crippen LogP contribution in [0.4, 0.5) is 0 Å². The molecule has 0 spiro atoms. The summed E-state index contributed by atoms with van der Waals surface area (Å²) in [6.07, 6.45) is 3.13. The number of hydrogen-bond acceptors (Lipinski definition) is 6. The summed E-state index contributed by atoms with van der Waals surface area (Å²) in [5, 5.41) is 8.47. The first-order valence-electron chi connectivity index (χ1n) is 6.50. The highest BCUT2D eigenvalue weighted by atomic mass is 32.1. The van der Waals surface area contributed by atoms with Crippen molar-refractivity contribution in [1.29, 1.82) is 0 Å². The van der Waals surface area contributed by atoms with Gasteiger partial charge in [0.1, 0.15) is 11.4 Å². The Morgan fingerprint density at radius 1 is 1.25 bits per heavy atom. The Hall–Kier alpha value is -2.02. The predicted octanol–water partition coefficient (Wildman–Crippen LogP) is 2.01. The minimum atomic E-state index is -0.0674. The van der Waals surface area contributed by atoms with Crippen LogP contribution in [0.2, 0.25) is 0 Å². The Labute approximate surface area is 119 Å². The molecule has 0 atom stereocenters. The molecule has 0 aliphatic rings. The Morgan fingerprint density at radius 2 is 2.05 bits per heavy atom. The molecule has 0 saturated heterocycles. The van der Waals surface area contributed by atoms with Gasteiger partial charge in [-0.2, -0.15) is 0 Å². The highest BCUT2D eigenvalue weighted by molar-refractivity contribution is 7.18. The van der Waals surface area contributed by atoms with E-state index in [4.69, 9.17) is 4.42 Å². The number of nitrogens with zero attached hydrogens (tertiary/aromatic N) is 4. The average Bonchev–Trinajstić information content (AvgIpc) is 3.08. The molecule has 0 N–H and O–H groups in total. The monoisotopic (exact) mass is 290 g/mol. The topological polar surface area (TPSA) is 73.8 Å².